The largest absolute Gasteiger partial charge is 0.465 e. The Balaban J connectivity index is 1.99. The van der Waals surface area contributed by atoms with Crippen LogP contribution in [0, 0.1) is 5.92 Å². The van der Waals surface area contributed by atoms with E-state index >= 15 is 0 Å². The van der Waals surface area contributed by atoms with E-state index in [0.717, 1.165) is 12.8 Å². The Kier molecular flexibility index (Phi) is 7.11. The maximum Gasteiger partial charge on any atom is 0.337 e. The average molecular weight is 368 g/mol. The number of amides is 2. The molecule has 0 heterocycles. The summed E-state index contributed by atoms with van der Waals surface area (Å²) in [5.74, 6) is -0.735. The number of hydrogen-bond acceptors (Lipinski definition) is 4. The SMILES string of the molecule is CCC(CC)C(=O)Nc1ccc(C(=O)Nc2ccc(C(=O)OC)cc2)cc1. The molecular weight excluding hydrogens is 344 g/mol. The second kappa shape index (κ2) is 9.52. The molecule has 0 aliphatic rings. The standard InChI is InChI=1S/C21H24N2O4/c1-4-14(5-2)19(24)22-17-10-6-15(7-11-17)20(25)23-18-12-8-16(9-13-18)21(26)27-3/h6-14H,4-5H2,1-3H3,(H,22,24)(H,23,25). The molecule has 27 heavy (non-hydrogen) atoms. The predicted molar refractivity (Wildman–Crippen MR) is 105 cm³/mol. The van der Waals surface area contributed by atoms with Gasteiger partial charge in [-0.2, -0.15) is 0 Å². The van der Waals surface area contributed by atoms with E-state index in [-0.39, 0.29) is 17.7 Å². The molecule has 0 saturated heterocycles. The molecule has 0 spiro atoms. The molecule has 0 aromatic heterocycles. The number of esters is 1. The lowest BCUT2D eigenvalue weighted by Gasteiger charge is -2.13. The lowest BCUT2D eigenvalue weighted by molar-refractivity contribution is -0.120. The zero-order chi connectivity index (χ0) is 19.8. The number of anilines is 2. The Morgan fingerprint density at radius 3 is 1.78 bits per heavy atom. The highest BCUT2D eigenvalue weighted by Gasteiger charge is 2.14. The fraction of sp³-hybridized carbons (Fsp3) is 0.286. The minimum atomic E-state index is -0.432. The van der Waals surface area contributed by atoms with Crippen LogP contribution in [0.1, 0.15) is 47.4 Å². The van der Waals surface area contributed by atoms with Gasteiger partial charge in [-0.1, -0.05) is 13.8 Å². The number of carbonyl (C=O) groups is 3. The summed E-state index contributed by atoms with van der Waals surface area (Å²) in [5.41, 5.74) is 2.10. The monoisotopic (exact) mass is 368 g/mol. The topological polar surface area (TPSA) is 84.5 Å². The second-order valence-electron chi connectivity index (χ2n) is 6.10. The van der Waals surface area contributed by atoms with Crippen molar-refractivity contribution in [3.05, 3.63) is 59.7 Å². The van der Waals surface area contributed by atoms with Crippen LogP contribution in [0.25, 0.3) is 0 Å². The molecule has 0 atom stereocenters. The summed E-state index contributed by atoms with van der Waals surface area (Å²) in [7, 11) is 1.31. The van der Waals surface area contributed by atoms with Crippen LogP contribution in [0.3, 0.4) is 0 Å². The van der Waals surface area contributed by atoms with Crippen LogP contribution in [0.4, 0.5) is 11.4 Å². The van der Waals surface area contributed by atoms with Gasteiger partial charge in [-0.05, 0) is 61.4 Å². The average Bonchev–Trinajstić information content (AvgIpc) is 2.69. The van der Waals surface area contributed by atoms with E-state index < -0.39 is 5.97 Å². The highest BCUT2D eigenvalue weighted by Crippen LogP contribution is 2.16. The molecule has 0 unspecified atom stereocenters. The highest BCUT2D eigenvalue weighted by atomic mass is 16.5. The molecule has 142 valence electrons. The molecule has 2 N–H and O–H groups in total. The van der Waals surface area contributed by atoms with Gasteiger partial charge in [-0.3, -0.25) is 9.59 Å². The number of carbonyl (C=O) groups excluding carboxylic acids is 3. The fourth-order valence-electron chi connectivity index (χ4n) is 2.62. The summed E-state index contributed by atoms with van der Waals surface area (Å²) < 4.78 is 4.64. The molecule has 0 saturated carbocycles. The van der Waals surface area contributed by atoms with Crippen LogP contribution in [-0.4, -0.2) is 24.9 Å². The maximum absolute atomic E-state index is 12.3. The highest BCUT2D eigenvalue weighted by molar-refractivity contribution is 6.05. The predicted octanol–water partition coefficient (Wildman–Crippen LogP) is 4.10. The van der Waals surface area contributed by atoms with Gasteiger partial charge in [0.25, 0.3) is 5.91 Å². The fourth-order valence-corrected chi connectivity index (χ4v) is 2.62. The van der Waals surface area contributed by atoms with Crippen LogP contribution < -0.4 is 10.6 Å². The van der Waals surface area contributed by atoms with Crippen LogP contribution in [0.2, 0.25) is 0 Å². The summed E-state index contributed by atoms with van der Waals surface area (Å²) in [5, 5.41) is 5.63. The Hall–Kier alpha value is -3.15. The first kappa shape index (κ1) is 20.2. The third kappa shape index (κ3) is 5.41. The zero-order valence-corrected chi connectivity index (χ0v) is 15.7. The van der Waals surface area contributed by atoms with Crippen molar-refractivity contribution in [3.63, 3.8) is 0 Å². The van der Waals surface area contributed by atoms with Gasteiger partial charge in [0.1, 0.15) is 0 Å². The second-order valence-corrected chi connectivity index (χ2v) is 6.10. The Morgan fingerprint density at radius 2 is 1.30 bits per heavy atom. The van der Waals surface area contributed by atoms with Crippen LogP contribution >= 0.6 is 0 Å². The molecule has 0 fully saturated rings. The minimum absolute atomic E-state index is 0.0112. The van der Waals surface area contributed by atoms with Gasteiger partial charge in [-0.25, -0.2) is 4.79 Å². The number of hydrogen-bond donors (Lipinski definition) is 2. The summed E-state index contributed by atoms with van der Waals surface area (Å²) in [4.78, 5) is 35.9. The summed E-state index contributed by atoms with van der Waals surface area (Å²) in [6.07, 6.45) is 1.58. The van der Waals surface area contributed by atoms with Crippen LogP contribution in [0.5, 0.6) is 0 Å². The molecule has 2 amide bonds. The van der Waals surface area contributed by atoms with Crippen molar-refractivity contribution in [3.8, 4) is 0 Å². The van der Waals surface area contributed by atoms with E-state index in [4.69, 9.17) is 0 Å². The zero-order valence-electron chi connectivity index (χ0n) is 15.7. The molecule has 0 bridgehead atoms. The van der Waals surface area contributed by atoms with Gasteiger partial charge < -0.3 is 15.4 Å². The first-order chi connectivity index (χ1) is 13.0. The number of nitrogens with one attached hydrogen (secondary N) is 2. The van der Waals surface area contributed by atoms with E-state index in [9.17, 15) is 14.4 Å². The number of benzene rings is 2. The van der Waals surface area contributed by atoms with E-state index in [1.165, 1.54) is 7.11 Å². The molecule has 6 heteroatoms. The molecule has 0 radical (unpaired) electrons. The van der Waals surface area contributed by atoms with Crippen molar-refractivity contribution in [1.29, 1.82) is 0 Å². The molecular formula is C21H24N2O4. The van der Waals surface area contributed by atoms with E-state index in [0.29, 0.717) is 22.5 Å². The van der Waals surface area contributed by atoms with Crippen LogP contribution in [0.15, 0.2) is 48.5 Å². The van der Waals surface area contributed by atoms with E-state index in [1.807, 2.05) is 13.8 Å². The van der Waals surface area contributed by atoms with Crippen molar-refractivity contribution in [2.45, 2.75) is 26.7 Å². The normalized spacial score (nSPS) is 10.4. The third-order valence-electron chi connectivity index (χ3n) is 4.33. The Labute approximate surface area is 158 Å². The van der Waals surface area contributed by atoms with Gasteiger partial charge >= 0.3 is 5.97 Å². The van der Waals surface area contributed by atoms with Crippen molar-refractivity contribution in [1.82, 2.24) is 0 Å². The maximum atomic E-state index is 12.3. The van der Waals surface area contributed by atoms with Gasteiger partial charge in [-0.15, -0.1) is 0 Å². The molecule has 2 rings (SSSR count). The van der Waals surface area contributed by atoms with Crippen LogP contribution in [-0.2, 0) is 9.53 Å². The van der Waals surface area contributed by atoms with E-state index in [2.05, 4.69) is 15.4 Å². The van der Waals surface area contributed by atoms with Crippen molar-refractivity contribution in [2.24, 2.45) is 5.92 Å². The Bertz CT molecular complexity index is 794. The number of rotatable bonds is 7. The van der Waals surface area contributed by atoms with Crippen molar-refractivity contribution >= 4 is 29.2 Å². The lowest BCUT2D eigenvalue weighted by Crippen LogP contribution is -2.21. The van der Waals surface area contributed by atoms with Gasteiger partial charge in [0.15, 0.2) is 0 Å². The van der Waals surface area contributed by atoms with Crippen molar-refractivity contribution in [2.75, 3.05) is 17.7 Å². The number of methoxy groups -OCH3 is 1. The van der Waals surface area contributed by atoms with Crippen molar-refractivity contribution < 1.29 is 19.1 Å². The van der Waals surface area contributed by atoms with Gasteiger partial charge in [0, 0.05) is 22.9 Å². The molecule has 6 nitrogen and oxygen atoms in total. The minimum Gasteiger partial charge on any atom is -0.465 e. The first-order valence-corrected chi connectivity index (χ1v) is 8.89. The number of ether oxygens (including phenoxy) is 1. The molecule has 2 aromatic rings. The molecule has 2 aromatic carbocycles. The first-order valence-electron chi connectivity index (χ1n) is 8.89. The Morgan fingerprint density at radius 1 is 0.815 bits per heavy atom. The molecule has 0 aliphatic heterocycles. The summed E-state index contributed by atoms with van der Waals surface area (Å²) in [6, 6.07) is 13.1. The summed E-state index contributed by atoms with van der Waals surface area (Å²) in [6.45, 7) is 3.97. The van der Waals surface area contributed by atoms with Gasteiger partial charge in [0.05, 0.1) is 12.7 Å². The van der Waals surface area contributed by atoms with E-state index in [1.54, 1.807) is 48.5 Å². The summed E-state index contributed by atoms with van der Waals surface area (Å²) >= 11 is 0. The lowest BCUT2D eigenvalue weighted by atomic mass is 10.0. The van der Waals surface area contributed by atoms with Gasteiger partial charge in [0.2, 0.25) is 5.91 Å². The smallest absolute Gasteiger partial charge is 0.337 e. The quantitative estimate of drug-likeness (QED) is 0.721. The molecule has 0 aliphatic carbocycles. The third-order valence-corrected chi connectivity index (χ3v) is 4.33.